The molecule has 0 radical (unpaired) electrons. The minimum Gasteiger partial charge on any atom is -0.469 e. The molecule has 1 rings (SSSR count). The summed E-state index contributed by atoms with van der Waals surface area (Å²) in [5.41, 5.74) is 1.99. The second kappa shape index (κ2) is 6.12. The van der Waals surface area contributed by atoms with Gasteiger partial charge in [0.05, 0.1) is 13.5 Å². The second-order valence-corrected chi connectivity index (χ2v) is 3.77. The molecule has 0 aliphatic rings. The molecule has 9 heteroatoms. The summed E-state index contributed by atoms with van der Waals surface area (Å²) < 4.78 is 68.2. The third-order valence-corrected chi connectivity index (χ3v) is 2.59. The Hall–Kier alpha value is -1.77. The average Bonchev–Trinajstić information content (AvgIpc) is 2.36. The van der Waals surface area contributed by atoms with Gasteiger partial charge in [-0.15, -0.1) is 0 Å². The Morgan fingerprint density at radius 1 is 1.40 bits per heavy atom. The molecule has 0 unspecified atom stereocenters. The van der Waals surface area contributed by atoms with Crippen LogP contribution < -0.4 is 5.73 Å². The summed E-state index contributed by atoms with van der Waals surface area (Å²) in [5.74, 6) is -1.00. The van der Waals surface area contributed by atoms with Crippen LogP contribution in [0.1, 0.15) is 28.8 Å². The first-order valence-electron chi connectivity index (χ1n) is 5.35. The number of alkyl halides is 5. The zero-order valence-corrected chi connectivity index (χ0v) is 10.3. The van der Waals surface area contributed by atoms with Crippen molar-refractivity contribution in [1.29, 1.82) is 0 Å². The Bertz CT molecular complexity index is 502. The Morgan fingerprint density at radius 3 is 2.40 bits per heavy atom. The van der Waals surface area contributed by atoms with Crippen LogP contribution >= 0.6 is 0 Å². The van der Waals surface area contributed by atoms with Gasteiger partial charge in [0.15, 0.2) is 0 Å². The smallest absolute Gasteiger partial charge is 0.433 e. The average molecular weight is 298 g/mol. The molecule has 0 aromatic carbocycles. The summed E-state index contributed by atoms with van der Waals surface area (Å²) in [6, 6.07) is 0. The van der Waals surface area contributed by atoms with E-state index in [-0.39, 0.29) is 0 Å². The van der Waals surface area contributed by atoms with E-state index >= 15 is 0 Å². The van der Waals surface area contributed by atoms with Crippen molar-refractivity contribution >= 4 is 5.97 Å². The highest BCUT2D eigenvalue weighted by atomic mass is 19.4. The molecule has 1 heterocycles. The third kappa shape index (κ3) is 3.41. The van der Waals surface area contributed by atoms with E-state index in [1.165, 1.54) is 0 Å². The molecular weight excluding hydrogens is 287 g/mol. The van der Waals surface area contributed by atoms with Crippen molar-refractivity contribution in [3.8, 4) is 0 Å². The maximum atomic E-state index is 12.8. The predicted octanol–water partition coefficient (Wildman–Crippen LogP) is 2.21. The van der Waals surface area contributed by atoms with E-state index < -0.39 is 53.9 Å². The maximum Gasteiger partial charge on any atom is 0.433 e. The number of nitrogens with two attached hydrogens (primary N) is 1. The molecule has 4 nitrogen and oxygen atoms in total. The Kier molecular flexibility index (Phi) is 4.98. The fourth-order valence-corrected chi connectivity index (χ4v) is 1.69. The standard InChI is InChI=1S/C11H11F5N2O2/c1-20-8(19)2-5-6(3-17)7(10(12)13)4-18-9(5)11(14,15)16/h4,10H,2-3,17H2,1H3. The number of ether oxygens (including phenoxy) is 1. The first-order valence-corrected chi connectivity index (χ1v) is 5.35. The largest absolute Gasteiger partial charge is 0.469 e. The van der Waals surface area contributed by atoms with Gasteiger partial charge in [-0.1, -0.05) is 0 Å². The van der Waals surface area contributed by atoms with E-state index in [1.807, 2.05) is 0 Å². The maximum absolute atomic E-state index is 12.8. The van der Waals surface area contributed by atoms with Crippen LogP contribution in [-0.2, 0) is 28.7 Å². The van der Waals surface area contributed by atoms with Gasteiger partial charge in [-0.2, -0.15) is 13.2 Å². The normalized spacial score (nSPS) is 11.8. The molecule has 0 saturated carbocycles. The lowest BCUT2D eigenvalue weighted by molar-refractivity contribution is -0.143. The molecule has 112 valence electrons. The van der Waals surface area contributed by atoms with Crippen LogP contribution in [0, 0.1) is 0 Å². The number of esters is 1. The van der Waals surface area contributed by atoms with Crippen LogP contribution in [0.25, 0.3) is 0 Å². The number of carbonyl (C=O) groups is 1. The Morgan fingerprint density at radius 2 is 2.00 bits per heavy atom. The van der Waals surface area contributed by atoms with Gasteiger partial charge >= 0.3 is 12.1 Å². The predicted molar refractivity (Wildman–Crippen MR) is 57.8 cm³/mol. The lowest BCUT2D eigenvalue weighted by Crippen LogP contribution is -2.20. The highest BCUT2D eigenvalue weighted by Crippen LogP contribution is 2.35. The highest BCUT2D eigenvalue weighted by Gasteiger charge is 2.38. The summed E-state index contributed by atoms with van der Waals surface area (Å²) in [6.07, 6.45) is -8.32. The number of nitrogens with zero attached hydrogens (tertiary/aromatic N) is 1. The number of carbonyl (C=O) groups excluding carboxylic acids is 1. The van der Waals surface area contributed by atoms with Gasteiger partial charge < -0.3 is 10.5 Å². The van der Waals surface area contributed by atoms with E-state index in [9.17, 15) is 26.7 Å². The van der Waals surface area contributed by atoms with Crippen LogP contribution in [0.2, 0.25) is 0 Å². The number of hydrogen-bond acceptors (Lipinski definition) is 4. The molecule has 20 heavy (non-hydrogen) atoms. The molecule has 0 fully saturated rings. The van der Waals surface area contributed by atoms with Crippen molar-refractivity contribution in [2.45, 2.75) is 25.6 Å². The van der Waals surface area contributed by atoms with Gasteiger partial charge in [-0.3, -0.25) is 9.78 Å². The van der Waals surface area contributed by atoms with Gasteiger partial charge in [0, 0.05) is 18.3 Å². The molecule has 0 amide bonds. The third-order valence-electron chi connectivity index (χ3n) is 2.59. The number of methoxy groups -OCH3 is 1. The lowest BCUT2D eigenvalue weighted by Gasteiger charge is -2.17. The number of rotatable bonds is 4. The van der Waals surface area contributed by atoms with E-state index in [4.69, 9.17) is 5.73 Å². The van der Waals surface area contributed by atoms with Gasteiger partial charge in [-0.25, -0.2) is 8.78 Å². The molecule has 1 aromatic heterocycles. The van der Waals surface area contributed by atoms with Crippen LogP contribution in [0.15, 0.2) is 6.20 Å². The number of halogens is 5. The van der Waals surface area contributed by atoms with E-state index in [1.54, 1.807) is 0 Å². The zero-order chi connectivity index (χ0) is 15.5. The fraction of sp³-hybridized carbons (Fsp3) is 0.455. The minimum absolute atomic E-state index is 0.427. The highest BCUT2D eigenvalue weighted by molar-refractivity contribution is 5.73. The topological polar surface area (TPSA) is 65.2 Å². The summed E-state index contributed by atoms with van der Waals surface area (Å²) in [5, 5.41) is 0. The van der Waals surface area contributed by atoms with Crippen LogP contribution in [-0.4, -0.2) is 18.1 Å². The SMILES string of the molecule is COC(=O)Cc1c(C(F)(F)F)ncc(C(F)F)c1CN. The molecule has 2 N–H and O–H groups in total. The van der Waals surface area contributed by atoms with Gasteiger partial charge in [-0.05, 0) is 11.1 Å². The summed E-state index contributed by atoms with van der Waals surface area (Å²) in [4.78, 5) is 14.2. The second-order valence-electron chi connectivity index (χ2n) is 3.77. The van der Waals surface area contributed by atoms with Crippen molar-refractivity contribution in [2.75, 3.05) is 7.11 Å². The van der Waals surface area contributed by atoms with E-state index in [2.05, 4.69) is 9.72 Å². The van der Waals surface area contributed by atoms with Crippen molar-refractivity contribution < 1.29 is 31.5 Å². The summed E-state index contributed by atoms with van der Waals surface area (Å²) in [7, 11) is 0.974. The van der Waals surface area contributed by atoms with Crippen molar-refractivity contribution in [1.82, 2.24) is 4.98 Å². The Balaban J connectivity index is 3.51. The van der Waals surface area contributed by atoms with Crippen LogP contribution in [0.5, 0.6) is 0 Å². The van der Waals surface area contributed by atoms with Crippen molar-refractivity contribution in [3.05, 3.63) is 28.6 Å². The first-order chi connectivity index (χ1) is 9.22. The number of pyridine rings is 1. The van der Waals surface area contributed by atoms with E-state index in [0.717, 1.165) is 7.11 Å². The van der Waals surface area contributed by atoms with Gasteiger partial charge in [0.2, 0.25) is 0 Å². The number of hydrogen-bond donors (Lipinski definition) is 1. The molecule has 0 bridgehead atoms. The zero-order valence-electron chi connectivity index (χ0n) is 10.3. The molecule has 0 spiro atoms. The molecular formula is C11H11F5N2O2. The first kappa shape index (κ1) is 16.3. The van der Waals surface area contributed by atoms with Crippen LogP contribution in [0.4, 0.5) is 22.0 Å². The minimum atomic E-state index is -4.88. The van der Waals surface area contributed by atoms with E-state index in [0.29, 0.717) is 6.20 Å². The molecule has 0 aliphatic heterocycles. The molecule has 0 saturated heterocycles. The van der Waals surface area contributed by atoms with Crippen molar-refractivity contribution in [2.24, 2.45) is 5.73 Å². The molecule has 1 aromatic rings. The lowest BCUT2D eigenvalue weighted by atomic mass is 9.98. The van der Waals surface area contributed by atoms with Gasteiger partial charge in [0.1, 0.15) is 5.69 Å². The molecule has 0 aliphatic carbocycles. The molecule has 0 atom stereocenters. The fourth-order valence-electron chi connectivity index (χ4n) is 1.69. The quantitative estimate of drug-likeness (QED) is 0.683. The summed E-state index contributed by atoms with van der Waals surface area (Å²) in [6.45, 7) is -0.572. The number of aromatic nitrogens is 1. The van der Waals surface area contributed by atoms with Crippen LogP contribution in [0.3, 0.4) is 0 Å². The summed E-state index contributed by atoms with van der Waals surface area (Å²) >= 11 is 0. The van der Waals surface area contributed by atoms with Crippen molar-refractivity contribution in [3.63, 3.8) is 0 Å². The van der Waals surface area contributed by atoms with Gasteiger partial charge in [0.25, 0.3) is 6.43 Å². The monoisotopic (exact) mass is 298 g/mol. The Labute approximate surface area is 110 Å².